The maximum Gasteiger partial charge on any atom is 1.00 e. The van der Waals surface area contributed by atoms with Crippen molar-refractivity contribution >= 4 is 0 Å². The van der Waals surface area contributed by atoms with Gasteiger partial charge < -0.3 is 6.42 Å². The van der Waals surface area contributed by atoms with E-state index < -0.39 is 0 Å². The van der Waals surface area contributed by atoms with Gasteiger partial charge in [0.15, 0.2) is 0 Å². The van der Waals surface area contributed by atoms with Crippen molar-refractivity contribution < 1.29 is 18.9 Å². The Bertz CT molecular complexity index is 173. The van der Waals surface area contributed by atoms with Gasteiger partial charge in [-0.25, -0.2) is 0 Å². The van der Waals surface area contributed by atoms with Crippen LogP contribution in [0.5, 0.6) is 0 Å². The minimum absolute atomic E-state index is 0. The van der Waals surface area contributed by atoms with Gasteiger partial charge in [-0.1, -0.05) is 5.21 Å². The van der Waals surface area contributed by atoms with E-state index in [0.717, 1.165) is 0 Å². The van der Waals surface area contributed by atoms with E-state index in [1.807, 2.05) is 6.92 Å². The van der Waals surface area contributed by atoms with Crippen molar-refractivity contribution in [1.82, 2.24) is 20.2 Å². The molecule has 4 nitrogen and oxygen atoms in total. The fourth-order valence-corrected chi connectivity index (χ4v) is 0.414. The number of hydrogen-bond acceptors (Lipinski definition) is 3. The molecule has 0 aliphatic heterocycles. The SMILES string of the molecule is C[CH-]c1nnn(C)n1.[Li+]. The topological polar surface area (TPSA) is 43.6 Å². The van der Waals surface area contributed by atoms with E-state index in [4.69, 9.17) is 0 Å². The van der Waals surface area contributed by atoms with Gasteiger partial charge in [0.2, 0.25) is 0 Å². The van der Waals surface area contributed by atoms with Crippen LogP contribution in [0.25, 0.3) is 0 Å². The Balaban J connectivity index is 0.000000640. The van der Waals surface area contributed by atoms with Gasteiger partial charge in [-0.05, 0) is 0 Å². The molecule has 0 aliphatic carbocycles. The molecule has 9 heavy (non-hydrogen) atoms. The number of aromatic nitrogens is 4. The Kier molecular flexibility index (Phi) is 3.36. The first-order valence-electron chi connectivity index (χ1n) is 2.36. The summed E-state index contributed by atoms with van der Waals surface area (Å²) in [6.07, 6.45) is 1.80. The number of rotatable bonds is 1. The molecule has 0 saturated heterocycles. The van der Waals surface area contributed by atoms with E-state index >= 15 is 0 Å². The molecule has 44 valence electrons. The van der Waals surface area contributed by atoms with Crippen molar-refractivity contribution in [2.45, 2.75) is 6.92 Å². The Morgan fingerprint density at radius 1 is 1.56 bits per heavy atom. The van der Waals surface area contributed by atoms with Crippen LogP contribution in [0.15, 0.2) is 0 Å². The zero-order chi connectivity index (χ0) is 5.98. The van der Waals surface area contributed by atoms with E-state index in [9.17, 15) is 0 Å². The van der Waals surface area contributed by atoms with Gasteiger partial charge in [0, 0.05) is 5.82 Å². The van der Waals surface area contributed by atoms with Crippen LogP contribution >= 0.6 is 0 Å². The van der Waals surface area contributed by atoms with Crippen LogP contribution in [0.4, 0.5) is 0 Å². The van der Waals surface area contributed by atoms with Crippen LogP contribution in [0, 0.1) is 6.42 Å². The first kappa shape index (κ1) is 8.54. The maximum absolute atomic E-state index is 3.87. The Labute approximate surface area is 65.8 Å². The summed E-state index contributed by atoms with van der Waals surface area (Å²) in [5, 5.41) is 11.2. The van der Waals surface area contributed by atoms with Crippen molar-refractivity contribution in [3.05, 3.63) is 12.2 Å². The average Bonchev–Trinajstić information content (AvgIpc) is 2.14. The summed E-state index contributed by atoms with van der Waals surface area (Å²) in [6, 6.07) is 0. The average molecular weight is 118 g/mol. The summed E-state index contributed by atoms with van der Waals surface area (Å²) >= 11 is 0. The quantitative estimate of drug-likeness (QED) is 0.288. The summed E-state index contributed by atoms with van der Waals surface area (Å²) in [6.45, 7) is 1.87. The molecule has 0 radical (unpaired) electrons. The normalized spacial score (nSPS) is 8.22. The number of hydrogen-bond donors (Lipinski definition) is 0. The van der Waals surface area contributed by atoms with Crippen LogP contribution < -0.4 is 18.9 Å². The van der Waals surface area contributed by atoms with Crippen LogP contribution in [-0.4, -0.2) is 20.2 Å². The third-order valence-corrected chi connectivity index (χ3v) is 0.782. The molecule has 0 saturated carbocycles. The van der Waals surface area contributed by atoms with Gasteiger partial charge in [0.25, 0.3) is 0 Å². The van der Waals surface area contributed by atoms with Crippen molar-refractivity contribution in [2.75, 3.05) is 0 Å². The van der Waals surface area contributed by atoms with E-state index in [1.165, 1.54) is 4.80 Å². The monoisotopic (exact) mass is 118 g/mol. The molecule has 1 rings (SSSR count). The predicted octanol–water partition coefficient (Wildman–Crippen LogP) is -3.21. The number of tetrazole rings is 1. The maximum atomic E-state index is 3.87. The molecule has 0 bridgehead atoms. The molecule has 0 unspecified atom stereocenters. The molecule has 0 atom stereocenters. The van der Waals surface area contributed by atoms with Crippen LogP contribution in [0.2, 0.25) is 0 Å². The standard InChI is InChI=1S/C4H7N4.Li/c1-3-4-5-7-8(2)6-4;/h3H,1-2H3;/q-1;+1. The second-order valence-electron chi connectivity index (χ2n) is 1.43. The van der Waals surface area contributed by atoms with Crippen molar-refractivity contribution in [2.24, 2.45) is 7.05 Å². The van der Waals surface area contributed by atoms with Gasteiger partial charge in [-0.3, -0.25) is 0 Å². The molecule has 1 aromatic heterocycles. The first-order valence-corrected chi connectivity index (χ1v) is 2.36. The second-order valence-corrected chi connectivity index (χ2v) is 1.43. The molecule has 5 heteroatoms. The molecule has 0 spiro atoms. The third-order valence-electron chi connectivity index (χ3n) is 0.782. The van der Waals surface area contributed by atoms with Gasteiger partial charge >= 0.3 is 18.9 Å². The Morgan fingerprint density at radius 3 is 2.44 bits per heavy atom. The molecule has 0 amide bonds. The summed E-state index contributed by atoms with van der Waals surface area (Å²) in [4.78, 5) is 1.43. The van der Waals surface area contributed by atoms with Crippen molar-refractivity contribution in [3.63, 3.8) is 0 Å². The molecule has 0 fully saturated rings. The molecule has 1 heterocycles. The molecule has 0 aromatic carbocycles. The van der Waals surface area contributed by atoms with Gasteiger partial charge in [0.05, 0.1) is 7.05 Å². The van der Waals surface area contributed by atoms with Crippen LogP contribution in [-0.2, 0) is 7.05 Å². The molecule has 0 aliphatic rings. The van der Waals surface area contributed by atoms with Crippen molar-refractivity contribution in [1.29, 1.82) is 0 Å². The van der Waals surface area contributed by atoms with E-state index in [0.29, 0.717) is 5.82 Å². The predicted molar refractivity (Wildman–Crippen MR) is 27.9 cm³/mol. The van der Waals surface area contributed by atoms with E-state index in [-0.39, 0.29) is 18.9 Å². The van der Waals surface area contributed by atoms with Crippen LogP contribution in [0.1, 0.15) is 12.7 Å². The first-order chi connectivity index (χ1) is 3.83. The third kappa shape index (κ3) is 2.08. The minimum atomic E-state index is 0. The second kappa shape index (κ2) is 3.54. The Hall–Kier alpha value is -0.463. The fraction of sp³-hybridized carbons (Fsp3) is 0.500. The van der Waals surface area contributed by atoms with Gasteiger partial charge in [-0.2, -0.15) is 16.8 Å². The summed E-state index contributed by atoms with van der Waals surface area (Å²) in [5.74, 6) is 0.674. The molecule has 0 N–H and O–H groups in total. The van der Waals surface area contributed by atoms with Crippen LogP contribution in [0.3, 0.4) is 0 Å². The molecule has 1 aromatic rings. The summed E-state index contributed by atoms with van der Waals surface area (Å²) in [5.41, 5.74) is 0. The fourth-order valence-electron chi connectivity index (χ4n) is 0.414. The largest absolute Gasteiger partial charge is 1.00 e. The summed E-state index contributed by atoms with van der Waals surface area (Å²) < 4.78 is 0. The van der Waals surface area contributed by atoms with Gasteiger partial charge in [-0.15, -0.1) is 5.10 Å². The van der Waals surface area contributed by atoms with E-state index in [2.05, 4.69) is 15.4 Å². The zero-order valence-electron chi connectivity index (χ0n) is 5.87. The Morgan fingerprint density at radius 2 is 2.22 bits per heavy atom. The molecular formula is C4H7LiN4. The smallest absolute Gasteiger partial charge is 0.323 e. The number of aryl methyl sites for hydroxylation is 1. The van der Waals surface area contributed by atoms with Gasteiger partial charge in [0.1, 0.15) is 0 Å². The van der Waals surface area contributed by atoms with E-state index in [1.54, 1.807) is 13.5 Å². The number of nitrogens with zero attached hydrogens (tertiary/aromatic N) is 4. The zero-order valence-corrected chi connectivity index (χ0v) is 5.87. The molecular weight excluding hydrogens is 111 g/mol. The summed E-state index contributed by atoms with van der Waals surface area (Å²) in [7, 11) is 1.74. The van der Waals surface area contributed by atoms with Crippen molar-refractivity contribution in [3.8, 4) is 0 Å². The minimum Gasteiger partial charge on any atom is -0.323 e.